The molecule has 0 saturated carbocycles. The summed E-state index contributed by atoms with van der Waals surface area (Å²) in [6.45, 7) is 1.62. The predicted octanol–water partition coefficient (Wildman–Crippen LogP) is 3.70. The number of benzene rings is 1. The van der Waals surface area contributed by atoms with E-state index in [2.05, 4.69) is 33.9 Å². The first kappa shape index (κ1) is 22.6. The van der Waals surface area contributed by atoms with E-state index in [9.17, 15) is 14.9 Å². The average Bonchev–Trinajstić information content (AvgIpc) is 3.41. The quantitative estimate of drug-likeness (QED) is 0.523. The Morgan fingerprint density at radius 1 is 1.24 bits per heavy atom. The van der Waals surface area contributed by atoms with Crippen LogP contribution in [0.25, 0.3) is 0 Å². The van der Waals surface area contributed by atoms with Gasteiger partial charge in [0.15, 0.2) is 0 Å². The predicted molar refractivity (Wildman–Crippen MR) is 127 cm³/mol. The summed E-state index contributed by atoms with van der Waals surface area (Å²) in [5.41, 5.74) is 3.16. The van der Waals surface area contributed by atoms with E-state index in [1.54, 1.807) is 22.8 Å². The van der Waals surface area contributed by atoms with Crippen LogP contribution >= 0.6 is 11.3 Å². The summed E-state index contributed by atoms with van der Waals surface area (Å²) in [5.74, 6) is -0.303. The van der Waals surface area contributed by atoms with E-state index in [1.807, 2.05) is 18.2 Å². The number of anilines is 1. The minimum atomic E-state index is -0.303. The molecule has 3 heterocycles. The molecular weight excluding hydrogens is 436 g/mol. The maximum atomic E-state index is 12.6. The van der Waals surface area contributed by atoms with Crippen molar-refractivity contribution in [1.29, 1.82) is 5.26 Å². The minimum absolute atomic E-state index is 0.0896. The van der Waals surface area contributed by atoms with Crippen molar-refractivity contribution in [3.63, 3.8) is 0 Å². The molecule has 0 saturated heterocycles. The summed E-state index contributed by atoms with van der Waals surface area (Å²) >= 11 is 1.36. The van der Waals surface area contributed by atoms with Crippen molar-refractivity contribution in [3.8, 4) is 6.07 Å². The van der Waals surface area contributed by atoms with E-state index >= 15 is 0 Å². The van der Waals surface area contributed by atoms with Gasteiger partial charge in [0.2, 0.25) is 0 Å². The number of fused-ring (bicyclic) bond motifs is 1. The first-order valence-corrected chi connectivity index (χ1v) is 11.8. The molecule has 1 aliphatic heterocycles. The highest BCUT2D eigenvalue weighted by Crippen LogP contribution is 2.36. The maximum absolute atomic E-state index is 12.6. The normalized spacial score (nSPS) is 12.7. The van der Waals surface area contributed by atoms with Gasteiger partial charge in [-0.1, -0.05) is 30.3 Å². The van der Waals surface area contributed by atoms with Gasteiger partial charge in [-0.25, -0.2) is 4.79 Å². The second kappa shape index (κ2) is 10.3. The Bertz CT molecular complexity index is 1180. The van der Waals surface area contributed by atoms with Crippen molar-refractivity contribution in [3.05, 3.63) is 69.9 Å². The van der Waals surface area contributed by atoms with Gasteiger partial charge in [-0.3, -0.25) is 9.48 Å². The average molecular weight is 463 g/mol. The van der Waals surface area contributed by atoms with Crippen molar-refractivity contribution in [2.24, 2.45) is 7.05 Å². The molecule has 1 aromatic carbocycles. The van der Waals surface area contributed by atoms with E-state index in [-0.39, 0.29) is 11.9 Å². The van der Waals surface area contributed by atoms with Crippen LogP contribution in [0, 0.1) is 11.3 Å². The molecule has 1 aliphatic rings. The summed E-state index contributed by atoms with van der Waals surface area (Å²) in [6, 6.07) is 12.5. The highest BCUT2D eigenvalue weighted by molar-refractivity contribution is 7.16. The zero-order chi connectivity index (χ0) is 23.2. The second-order valence-corrected chi connectivity index (χ2v) is 9.13. The SMILES string of the molecule is Cn1cc(C(=O)Nc2sc3c(c2C#N)CCN(C(=O)NCCCCc2ccccc2)C3)cn1. The fraction of sp³-hybridized carbons (Fsp3) is 0.333. The number of carbonyl (C=O) groups excluding carboxylic acids is 2. The number of amides is 3. The molecule has 3 amide bonds. The van der Waals surface area contributed by atoms with Crippen molar-refractivity contribution in [2.45, 2.75) is 32.2 Å². The van der Waals surface area contributed by atoms with Gasteiger partial charge < -0.3 is 15.5 Å². The van der Waals surface area contributed by atoms with Crippen LogP contribution in [0.3, 0.4) is 0 Å². The number of rotatable bonds is 7. The van der Waals surface area contributed by atoms with Crippen molar-refractivity contribution in [2.75, 3.05) is 18.4 Å². The summed E-state index contributed by atoms with van der Waals surface area (Å²) in [4.78, 5) is 27.9. The standard InChI is InChI=1S/C24H26N6O2S/c1-29-15-18(14-27-29)22(31)28-23-20(13-25)19-10-12-30(16-21(19)33-23)24(32)26-11-6-5-9-17-7-3-2-4-8-17/h2-4,7-8,14-15H,5-6,9-12,16H2,1H3,(H,26,32)(H,28,31). The van der Waals surface area contributed by atoms with Crippen molar-refractivity contribution >= 4 is 28.3 Å². The fourth-order valence-corrected chi connectivity index (χ4v) is 5.11. The Labute approximate surface area is 196 Å². The number of hydrogen-bond donors (Lipinski definition) is 2. The molecule has 0 aliphatic carbocycles. The molecule has 170 valence electrons. The van der Waals surface area contributed by atoms with Crippen LogP contribution in [0.5, 0.6) is 0 Å². The zero-order valence-corrected chi connectivity index (χ0v) is 19.3. The minimum Gasteiger partial charge on any atom is -0.338 e. The van der Waals surface area contributed by atoms with Gasteiger partial charge in [-0.2, -0.15) is 10.4 Å². The zero-order valence-electron chi connectivity index (χ0n) is 18.5. The number of nitriles is 1. The molecule has 2 aromatic heterocycles. The Kier molecular flexibility index (Phi) is 7.05. The van der Waals surface area contributed by atoms with Crippen LogP contribution in [0.4, 0.5) is 9.80 Å². The van der Waals surface area contributed by atoms with Crippen LogP contribution in [-0.2, 0) is 26.4 Å². The van der Waals surface area contributed by atoms with Crippen molar-refractivity contribution in [1.82, 2.24) is 20.0 Å². The van der Waals surface area contributed by atoms with Gasteiger partial charge in [0.05, 0.1) is 23.9 Å². The lowest BCUT2D eigenvalue weighted by Gasteiger charge is -2.27. The number of carbonyl (C=O) groups is 2. The molecule has 0 bridgehead atoms. The van der Waals surface area contributed by atoms with Crippen LogP contribution < -0.4 is 10.6 Å². The molecule has 0 radical (unpaired) electrons. The van der Waals surface area contributed by atoms with Gasteiger partial charge >= 0.3 is 6.03 Å². The molecule has 0 atom stereocenters. The Balaban J connectivity index is 1.30. The fourth-order valence-electron chi connectivity index (χ4n) is 3.90. The van der Waals surface area contributed by atoms with Gasteiger partial charge in [0.1, 0.15) is 11.1 Å². The van der Waals surface area contributed by atoms with E-state index in [0.717, 1.165) is 29.7 Å². The van der Waals surface area contributed by atoms with Crippen LogP contribution in [0.2, 0.25) is 0 Å². The highest BCUT2D eigenvalue weighted by atomic mass is 32.1. The Morgan fingerprint density at radius 3 is 2.79 bits per heavy atom. The Morgan fingerprint density at radius 2 is 2.06 bits per heavy atom. The summed E-state index contributed by atoms with van der Waals surface area (Å²) in [6.07, 6.45) is 6.65. The lowest BCUT2D eigenvalue weighted by molar-refractivity contribution is 0.102. The van der Waals surface area contributed by atoms with Crippen LogP contribution in [0.15, 0.2) is 42.7 Å². The highest BCUT2D eigenvalue weighted by Gasteiger charge is 2.27. The number of unbranched alkanes of at least 4 members (excludes halogenated alkanes) is 1. The summed E-state index contributed by atoms with van der Waals surface area (Å²) in [7, 11) is 1.74. The molecule has 33 heavy (non-hydrogen) atoms. The molecule has 0 fully saturated rings. The number of hydrogen-bond acceptors (Lipinski definition) is 5. The number of nitrogens with one attached hydrogen (secondary N) is 2. The molecule has 0 spiro atoms. The van der Waals surface area contributed by atoms with E-state index < -0.39 is 0 Å². The molecule has 8 nitrogen and oxygen atoms in total. The van der Waals surface area contributed by atoms with E-state index in [4.69, 9.17) is 0 Å². The monoisotopic (exact) mass is 462 g/mol. The number of aryl methyl sites for hydroxylation is 2. The molecule has 9 heteroatoms. The number of urea groups is 1. The first-order valence-electron chi connectivity index (χ1n) is 11.0. The number of thiophene rings is 1. The van der Waals surface area contributed by atoms with Gasteiger partial charge in [0.25, 0.3) is 5.91 Å². The largest absolute Gasteiger partial charge is 0.338 e. The van der Waals surface area contributed by atoms with Crippen LogP contribution in [0.1, 0.15) is 44.8 Å². The lowest BCUT2D eigenvalue weighted by atomic mass is 10.0. The van der Waals surface area contributed by atoms with Crippen molar-refractivity contribution < 1.29 is 9.59 Å². The smallest absolute Gasteiger partial charge is 0.317 e. The third-order valence-corrected chi connectivity index (χ3v) is 6.79. The molecule has 2 N–H and O–H groups in total. The summed E-state index contributed by atoms with van der Waals surface area (Å²) in [5, 5.41) is 20.1. The van der Waals surface area contributed by atoms with Gasteiger partial charge in [0, 0.05) is 31.2 Å². The van der Waals surface area contributed by atoms with Crippen LogP contribution in [-0.4, -0.2) is 39.7 Å². The maximum Gasteiger partial charge on any atom is 0.317 e. The molecular formula is C24H26N6O2S. The first-order chi connectivity index (χ1) is 16.0. The van der Waals surface area contributed by atoms with E-state index in [1.165, 1.54) is 23.1 Å². The number of aromatic nitrogens is 2. The Hall–Kier alpha value is -3.64. The van der Waals surface area contributed by atoms with E-state index in [0.29, 0.717) is 42.2 Å². The molecule has 0 unspecified atom stereocenters. The molecule has 4 rings (SSSR count). The summed E-state index contributed by atoms with van der Waals surface area (Å²) < 4.78 is 1.55. The number of nitrogens with zero attached hydrogens (tertiary/aromatic N) is 4. The second-order valence-electron chi connectivity index (χ2n) is 8.02. The lowest BCUT2D eigenvalue weighted by Crippen LogP contribution is -2.42. The third kappa shape index (κ3) is 5.41. The van der Waals surface area contributed by atoms with Gasteiger partial charge in [-0.05, 0) is 36.8 Å². The van der Waals surface area contributed by atoms with Gasteiger partial charge in [-0.15, -0.1) is 11.3 Å². The molecule has 3 aromatic rings. The topological polar surface area (TPSA) is 103 Å². The third-order valence-electron chi connectivity index (χ3n) is 5.66.